The van der Waals surface area contributed by atoms with Gasteiger partial charge in [-0.2, -0.15) is 0 Å². The van der Waals surface area contributed by atoms with Gasteiger partial charge in [-0.15, -0.1) is 0 Å². The molecule has 1 nitrogen and oxygen atoms in total. The predicted octanol–water partition coefficient (Wildman–Crippen LogP) is 2.79. The zero-order chi connectivity index (χ0) is 10.0. The number of aryl methyl sites for hydroxylation is 1. The van der Waals surface area contributed by atoms with Crippen LogP contribution in [0.5, 0.6) is 0 Å². The van der Waals surface area contributed by atoms with Gasteiger partial charge in [0.05, 0.1) is 0 Å². The summed E-state index contributed by atoms with van der Waals surface area (Å²) in [5.74, 6) is 0.182. The van der Waals surface area contributed by atoms with Gasteiger partial charge < -0.3 is 5.73 Å². The molecule has 0 saturated heterocycles. The molecule has 1 aromatic rings. The second-order valence-corrected chi connectivity index (χ2v) is 3.77. The number of rotatable bonds is 2. The Kier molecular flexibility index (Phi) is 3.04. The van der Waals surface area contributed by atoms with Gasteiger partial charge in [-0.3, -0.25) is 0 Å². The van der Waals surface area contributed by atoms with Gasteiger partial charge in [0, 0.05) is 6.04 Å². The fraction of sp³-hybridized carbons (Fsp3) is 0.455. The van der Waals surface area contributed by atoms with Crippen molar-refractivity contribution in [1.29, 1.82) is 0 Å². The lowest BCUT2D eigenvalue weighted by molar-refractivity contribution is 0.510. The van der Waals surface area contributed by atoms with Crippen LogP contribution in [-0.2, 0) is 0 Å². The van der Waals surface area contributed by atoms with Gasteiger partial charge in [-0.05, 0) is 36.1 Å². The van der Waals surface area contributed by atoms with E-state index in [1.54, 1.807) is 6.07 Å². The van der Waals surface area contributed by atoms with Crippen LogP contribution in [0.4, 0.5) is 4.39 Å². The van der Waals surface area contributed by atoms with Crippen molar-refractivity contribution in [2.45, 2.75) is 26.8 Å². The van der Waals surface area contributed by atoms with Crippen molar-refractivity contribution in [1.82, 2.24) is 0 Å². The van der Waals surface area contributed by atoms with E-state index in [2.05, 4.69) is 13.8 Å². The van der Waals surface area contributed by atoms with Crippen molar-refractivity contribution < 1.29 is 4.39 Å². The van der Waals surface area contributed by atoms with Crippen molar-refractivity contribution in [2.24, 2.45) is 11.7 Å². The Morgan fingerprint density at radius 3 is 2.38 bits per heavy atom. The second kappa shape index (κ2) is 3.88. The molecule has 0 bridgehead atoms. The third-order valence-electron chi connectivity index (χ3n) is 2.31. The third kappa shape index (κ3) is 2.28. The Balaban J connectivity index is 3.01. The van der Waals surface area contributed by atoms with Crippen LogP contribution in [0.1, 0.15) is 31.0 Å². The van der Waals surface area contributed by atoms with Crippen molar-refractivity contribution in [3.8, 4) is 0 Å². The van der Waals surface area contributed by atoms with Crippen molar-refractivity contribution in [2.75, 3.05) is 0 Å². The standard InChI is InChI=1S/C11H16FN/c1-7(2)11(13)10-5-4-9(12)6-8(10)3/h4-7,11H,13H2,1-3H3. The van der Waals surface area contributed by atoms with Gasteiger partial charge in [-0.25, -0.2) is 4.39 Å². The summed E-state index contributed by atoms with van der Waals surface area (Å²) in [5, 5.41) is 0. The van der Waals surface area contributed by atoms with Crippen LogP contribution >= 0.6 is 0 Å². The summed E-state index contributed by atoms with van der Waals surface area (Å²) in [6.45, 7) is 6.02. The molecular formula is C11H16FN. The molecule has 0 aliphatic carbocycles. The first-order valence-electron chi connectivity index (χ1n) is 4.54. The highest BCUT2D eigenvalue weighted by molar-refractivity contribution is 5.29. The predicted molar refractivity (Wildman–Crippen MR) is 52.9 cm³/mol. The fourth-order valence-electron chi connectivity index (χ4n) is 1.37. The van der Waals surface area contributed by atoms with Gasteiger partial charge >= 0.3 is 0 Å². The van der Waals surface area contributed by atoms with Crippen LogP contribution in [-0.4, -0.2) is 0 Å². The molecule has 1 unspecified atom stereocenters. The molecule has 13 heavy (non-hydrogen) atoms. The minimum absolute atomic E-state index is 0.000556. The zero-order valence-electron chi connectivity index (χ0n) is 8.34. The van der Waals surface area contributed by atoms with E-state index in [9.17, 15) is 4.39 Å². The summed E-state index contributed by atoms with van der Waals surface area (Å²) in [6, 6.07) is 4.76. The van der Waals surface area contributed by atoms with Crippen LogP contribution in [0.2, 0.25) is 0 Å². The first-order valence-corrected chi connectivity index (χ1v) is 4.54. The monoisotopic (exact) mass is 181 g/mol. The summed E-state index contributed by atoms with van der Waals surface area (Å²) in [5.41, 5.74) is 7.94. The van der Waals surface area contributed by atoms with E-state index in [0.717, 1.165) is 11.1 Å². The maximum atomic E-state index is 12.8. The molecule has 1 aromatic carbocycles. The van der Waals surface area contributed by atoms with Gasteiger partial charge in [0.25, 0.3) is 0 Å². The van der Waals surface area contributed by atoms with Crippen molar-refractivity contribution in [3.05, 3.63) is 35.1 Å². The van der Waals surface area contributed by atoms with Gasteiger partial charge in [0.15, 0.2) is 0 Å². The fourth-order valence-corrected chi connectivity index (χ4v) is 1.37. The average molecular weight is 181 g/mol. The van der Waals surface area contributed by atoms with Crippen LogP contribution in [0.25, 0.3) is 0 Å². The molecule has 1 atom stereocenters. The topological polar surface area (TPSA) is 26.0 Å². The van der Waals surface area contributed by atoms with E-state index in [1.165, 1.54) is 12.1 Å². The van der Waals surface area contributed by atoms with Crippen LogP contribution in [0.3, 0.4) is 0 Å². The van der Waals surface area contributed by atoms with Crippen molar-refractivity contribution in [3.63, 3.8) is 0 Å². The maximum absolute atomic E-state index is 12.8. The number of halogens is 1. The molecule has 1 rings (SSSR count). The summed E-state index contributed by atoms with van der Waals surface area (Å²) in [4.78, 5) is 0. The van der Waals surface area contributed by atoms with E-state index in [1.807, 2.05) is 6.92 Å². The molecule has 0 fully saturated rings. The highest BCUT2D eigenvalue weighted by Gasteiger charge is 2.12. The molecule has 0 aliphatic heterocycles. The number of hydrogen-bond acceptors (Lipinski definition) is 1. The number of benzene rings is 1. The molecule has 0 radical (unpaired) electrons. The Hall–Kier alpha value is -0.890. The number of hydrogen-bond donors (Lipinski definition) is 1. The van der Waals surface area contributed by atoms with Crippen molar-refractivity contribution >= 4 is 0 Å². The van der Waals surface area contributed by atoms with E-state index in [4.69, 9.17) is 5.73 Å². The van der Waals surface area contributed by atoms with Crippen LogP contribution in [0, 0.1) is 18.7 Å². The van der Waals surface area contributed by atoms with Gasteiger partial charge in [0.1, 0.15) is 5.82 Å². The summed E-state index contributed by atoms with van der Waals surface area (Å²) in [6.07, 6.45) is 0. The Labute approximate surface area is 78.8 Å². The highest BCUT2D eigenvalue weighted by Crippen LogP contribution is 2.22. The minimum Gasteiger partial charge on any atom is -0.324 e. The molecule has 0 heterocycles. The van der Waals surface area contributed by atoms with Gasteiger partial charge in [-0.1, -0.05) is 19.9 Å². The van der Waals surface area contributed by atoms with E-state index >= 15 is 0 Å². The smallest absolute Gasteiger partial charge is 0.123 e. The lowest BCUT2D eigenvalue weighted by Gasteiger charge is -2.18. The highest BCUT2D eigenvalue weighted by atomic mass is 19.1. The third-order valence-corrected chi connectivity index (χ3v) is 2.31. The lowest BCUT2D eigenvalue weighted by Crippen LogP contribution is -2.17. The lowest BCUT2D eigenvalue weighted by atomic mass is 9.93. The van der Waals surface area contributed by atoms with Crippen LogP contribution < -0.4 is 5.73 Å². The molecular weight excluding hydrogens is 165 g/mol. The second-order valence-electron chi connectivity index (χ2n) is 3.77. The summed E-state index contributed by atoms with van der Waals surface area (Å²) < 4.78 is 12.8. The van der Waals surface area contributed by atoms with E-state index in [-0.39, 0.29) is 11.9 Å². The molecule has 2 heteroatoms. The molecule has 72 valence electrons. The zero-order valence-corrected chi connectivity index (χ0v) is 8.34. The SMILES string of the molecule is Cc1cc(F)ccc1C(N)C(C)C. The molecule has 0 saturated carbocycles. The molecule has 2 N–H and O–H groups in total. The largest absolute Gasteiger partial charge is 0.324 e. The molecule has 0 spiro atoms. The Morgan fingerprint density at radius 2 is 1.92 bits per heavy atom. The molecule has 0 amide bonds. The van der Waals surface area contributed by atoms with E-state index < -0.39 is 0 Å². The van der Waals surface area contributed by atoms with E-state index in [0.29, 0.717) is 5.92 Å². The first-order chi connectivity index (χ1) is 6.02. The Morgan fingerprint density at radius 1 is 1.31 bits per heavy atom. The van der Waals surface area contributed by atoms with Crippen LogP contribution in [0.15, 0.2) is 18.2 Å². The summed E-state index contributed by atoms with van der Waals surface area (Å²) >= 11 is 0. The minimum atomic E-state index is -0.197. The first kappa shape index (κ1) is 10.2. The molecule has 0 aromatic heterocycles. The van der Waals surface area contributed by atoms with Gasteiger partial charge in [0.2, 0.25) is 0 Å². The number of nitrogens with two attached hydrogens (primary N) is 1. The average Bonchev–Trinajstić information content (AvgIpc) is 2.03. The Bertz CT molecular complexity index is 294. The maximum Gasteiger partial charge on any atom is 0.123 e. The quantitative estimate of drug-likeness (QED) is 0.746. The summed E-state index contributed by atoms with van der Waals surface area (Å²) in [7, 11) is 0. The normalized spacial score (nSPS) is 13.4. The molecule has 0 aliphatic rings.